The van der Waals surface area contributed by atoms with E-state index in [9.17, 15) is 5.11 Å². The quantitative estimate of drug-likeness (QED) is 0.848. The van der Waals surface area contributed by atoms with Crippen LogP contribution in [0.4, 0.5) is 0 Å². The Kier molecular flexibility index (Phi) is 3.31. The van der Waals surface area contributed by atoms with E-state index in [2.05, 4.69) is 32.0 Å². The van der Waals surface area contributed by atoms with Crippen LogP contribution in [0.1, 0.15) is 37.3 Å². The first kappa shape index (κ1) is 11.6. The van der Waals surface area contributed by atoms with Gasteiger partial charge in [0, 0.05) is 17.9 Å². The van der Waals surface area contributed by atoms with Crippen LogP contribution in [0.5, 0.6) is 0 Å². The molecule has 1 aromatic rings. The summed E-state index contributed by atoms with van der Waals surface area (Å²) in [7, 11) is 0. The summed E-state index contributed by atoms with van der Waals surface area (Å²) >= 11 is 0. The van der Waals surface area contributed by atoms with Crippen LogP contribution in [-0.2, 0) is 10.2 Å². The number of aliphatic hydroxyl groups is 1. The Morgan fingerprint density at radius 3 is 2.75 bits per heavy atom. The highest BCUT2D eigenvalue weighted by molar-refractivity contribution is 5.36. The molecule has 0 spiro atoms. The molecule has 88 valence electrons. The number of rotatable bonds is 3. The van der Waals surface area contributed by atoms with Crippen molar-refractivity contribution in [2.24, 2.45) is 0 Å². The van der Waals surface area contributed by atoms with Crippen LogP contribution in [-0.4, -0.2) is 24.9 Å². The fourth-order valence-corrected chi connectivity index (χ4v) is 2.33. The van der Waals surface area contributed by atoms with E-state index < -0.39 is 0 Å². The van der Waals surface area contributed by atoms with Gasteiger partial charge >= 0.3 is 0 Å². The van der Waals surface area contributed by atoms with Crippen LogP contribution in [0.2, 0.25) is 0 Å². The number of aliphatic hydroxyl groups excluding tert-OH is 1. The van der Waals surface area contributed by atoms with Crippen molar-refractivity contribution in [1.29, 1.82) is 0 Å². The predicted octanol–water partition coefficient (Wildman–Crippen LogP) is 2.46. The smallest absolute Gasteiger partial charge is 0.0535 e. The summed E-state index contributed by atoms with van der Waals surface area (Å²) in [5, 5.41) is 9.48. The van der Waals surface area contributed by atoms with E-state index in [1.807, 2.05) is 6.07 Å². The van der Waals surface area contributed by atoms with Crippen molar-refractivity contribution in [3.8, 4) is 0 Å². The zero-order valence-electron chi connectivity index (χ0n) is 10.1. The van der Waals surface area contributed by atoms with E-state index in [1.165, 1.54) is 11.1 Å². The largest absolute Gasteiger partial charge is 0.395 e. The van der Waals surface area contributed by atoms with E-state index in [0.717, 1.165) is 19.6 Å². The highest BCUT2D eigenvalue weighted by Gasteiger charge is 2.27. The van der Waals surface area contributed by atoms with Crippen LogP contribution in [0, 0.1) is 0 Å². The molecule has 0 saturated carbocycles. The van der Waals surface area contributed by atoms with Gasteiger partial charge in [0.05, 0.1) is 13.2 Å². The SMILES string of the molecule is CC(C)(CO)c1ccccc1C1CCOC1. The Bertz CT molecular complexity index is 352. The molecule has 1 unspecified atom stereocenters. The van der Waals surface area contributed by atoms with E-state index in [0.29, 0.717) is 5.92 Å². The molecule has 16 heavy (non-hydrogen) atoms. The van der Waals surface area contributed by atoms with Crippen LogP contribution >= 0.6 is 0 Å². The molecule has 0 aromatic heterocycles. The summed E-state index contributed by atoms with van der Waals surface area (Å²) < 4.78 is 5.45. The third-order valence-electron chi connectivity index (χ3n) is 3.45. The first-order chi connectivity index (χ1) is 7.65. The van der Waals surface area contributed by atoms with Gasteiger partial charge in [0.25, 0.3) is 0 Å². The molecule has 1 aliphatic heterocycles. The van der Waals surface area contributed by atoms with Gasteiger partial charge in [-0.1, -0.05) is 38.1 Å². The van der Waals surface area contributed by atoms with E-state index in [-0.39, 0.29) is 12.0 Å². The number of ether oxygens (including phenoxy) is 1. The molecule has 0 aliphatic carbocycles. The Morgan fingerprint density at radius 1 is 1.38 bits per heavy atom. The van der Waals surface area contributed by atoms with Gasteiger partial charge in [0.15, 0.2) is 0 Å². The second kappa shape index (κ2) is 4.56. The average molecular weight is 220 g/mol. The van der Waals surface area contributed by atoms with Crippen molar-refractivity contribution in [1.82, 2.24) is 0 Å². The van der Waals surface area contributed by atoms with Crippen molar-refractivity contribution in [3.63, 3.8) is 0 Å². The van der Waals surface area contributed by atoms with Gasteiger partial charge in [-0.25, -0.2) is 0 Å². The van der Waals surface area contributed by atoms with Crippen molar-refractivity contribution in [3.05, 3.63) is 35.4 Å². The third-order valence-corrected chi connectivity index (χ3v) is 3.45. The number of hydrogen-bond donors (Lipinski definition) is 1. The second-order valence-electron chi connectivity index (χ2n) is 5.19. The molecule has 1 saturated heterocycles. The van der Waals surface area contributed by atoms with Crippen molar-refractivity contribution >= 4 is 0 Å². The van der Waals surface area contributed by atoms with Gasteiger partial charge < -0.3 is 9.84 Å². The van der Waals surface area contributed by atoms with Gasteiger partial charge in [-0.2, -0.15) is 0 Å². The van der Waals surface area contributed by atoms with Crippen molar-refractivity contribution in [2.45, 2.75) is 31.6 Å². The first-order valence-corrected chi connectivity index (χ1v) is 5.93. The Morgan fingerprint density at radius 2 is 2.12 bits per heavy atom. The average Bonchev–Trinajstić information content (AvgIpc) is 2.82. The van der Waals surface area contributed by atoms with Gasteiger partial charge in [-0.05, 0) is 17.5 Å². The van der Waals surface area contributed by atoms with Gasteiger partial charge in [-0.3, -0.25) is 0 Å². The molecule has 1 heterocycles. The topological polar surface area (TPSA) is 29.5 Å². The number of hydrogen-bond acceptors (Lipinski definition) is 2. The fourth-order valence-electron chi connectivity index (χ4n) is 2.33. The van der Waals surface area contributed by atoms with Crippen LogP contribution < -0.4 is 0 Å². The lowest BCUT2D eigenvalue weighted by Crippen LogP contribution is -2.24. The predicted molar refractivity (Wildman–Crippen MR) is 64.7 cm³/mol. The highest BCUT2D eigenvalue weighted by Crippen LogP contribution is 2.34. The maximum absolute atomic E-state index is 9.48. The summed E-state index contributed by atoms with van der Waals surface area (Å²) in [4.78, 5) is 0. The Balaban J connectivity index is 2.37. The molecule has 1 aromatic carbocycles. The number of benzene rings is 1. The highest BCUT2D eigenvalue weighted by atomic mass is 16.5. The summed E-state index contributed by atoms with van der Waals surface area (Å²) in [5.41, 5.74) is 2.44. The fraction of sp³-hybridized carbons (Fsp3) is 0.571. The molecule has 1 fully saturated rings. The van der Waals surface area contributed by atoms with Crippen LogP contribution in [0.3, 0.4) is 0 Å². The van der Waals surface area contributed by atoms with Crippen LogP contribution in [0.15, 0.2) is 24.3 Å². The molecule has 1 N–H and O–H groups in total. The molecule has 1 atom stereocenters. The van der Waals surface area contributed by atoms with Crippen LogP contribution in [0.25, 0.3) is 0 Å². The second-order valence-corrected chi connectivity index (χ2v) is 5.19. The molecule has 2 rings (SSSR count). The zero-order chi connectivity index (χ0) is 11.6. The lowest BCUT2D eigenvalue weighted by molar-refractivity contribution is 0.192. The molecule has 1 aliphatic rings. The lowest BCUT2D eigenvalue weighted by Gasteiger charge is -2.27. The Labute approximate surface area is 97.3 Å². The molecule has 0 radical (unpaired) electrons. The molecule has 0 bridgehead atoms. The maximum atomic E-state index is 9.48. The minimum Gasteiger partial charge on any atom is -0.395 e. The van der Waals surface area contributed by atoms with Crippen molar-refractivity contribution < 1.29 is 9.84 Å². The van der Waals surface area contributed by atoms with E-state index in [1.54, 1.807) is 0 Å². The monoisotopic (exact) mass is 220 g/mol. The van der Waals surface area contributed by atoms with Gasteiger partial charge in [-0.15, -0.1) is 0 Å². The molecule has 2 heteroatoms. The Hall–Kier alpha value is -0.860. The molecule has 2 nitrogen and oxygen atoms in total. The molecular weight excluding hydrogens is 200 g/mol. The van der Waals surface area contributed by atoms with Gasteiger partial charge in [0.2, 0.25) is 0 Å². The standard InChI is InChI=1S/C14H20O2/c1-14(2,10-15)13-6-4-3-5-12(13)11-7-8-16-9-11/h3-6,11,15H,7-10H2,1-2H3. The summed E-state index contributed by atoms with van der Waals surface area (Å²) in [6.07, 6.45) is 1.10. The summed E-state index contributed by atoms with van der Waals surface area (Å²) in [5.74, 6) is 0.502. The normalized spacial score (nSPS) is 21.3. The molecular formula is C14H20O2. The van der Waals surface area contributed by atoms with E-state index in [4.69, 9.17) is 4.74 Å². The summed E-state index contributed by atoms with van der Waals surface area (Å²) in [6.45, 7) is 6.03. The minimum absolute atomic E-state index is 0.167. The minimum atomic E-state index is -0.167. The van der Waals surface area contributed by atoms with Gasteiger partial charge in [0.1, 0.15) is 0 Å². The molecule has 0 amide bonds. The summed E-state index contributed by atoms with van der Waals surface area (Å²) in [6, 6.07) is 8.42. The maximum Gasteiger partial charge on any atom is 0.0535 e. The third kappa shape index (κ3) is 2.13. The van der Waals surface area contributed by atoms with Crippen molar-refractivity contribution in [2.75, 3.05) is 19.8 Å². The lowest BCUT2D eigenvalue weighted by atomic mass is 9.79. The zero-order valence-corrected chi connectivity index (χ0v) is 10.1. The van der Waals surface area contributed by atoms with E-state index >= 15 is 0 Å². The first-order valence-electron chi connectivity index (χ1n) is 5.93.